The minimum absolute atomic E-state index is 0.332. The Hall–Kier alpha value is -2.22. The van der Waals surface area contributed by atoms with E-state index in [4.69, 9.17) is 33.2 Å². The monoisotopic (exact) mass is 334 g/mol. The zero-order valence-electron chi connectivity index (χ0n) is 11.6. The Labute approximate surface area is 138 Å². The number of ether oxygens (including phenoxy) is 1. The van der Waals surface area contributed by atoms with Gasteiger partial charge >= 0.3 is 0 Å². The standard InChI is InChI=1S/C16H12Cl2N2O2/c1-10(22-15-6-5-12(17)8-14(15)18)16(21)20-13-4-2-3-11(7-13)9-19/h2-8,10H,1H3,(H,20,21)/t10-/m1/s1. The van der Waals surface area contributed by atoms with Crippen molar-refractivity contribution in [1.82, 2.24) is 0 Å². The maximum Gasteiger partial charge on any atom is 0.265 e. The molecule has 1 N–H and O–H groups in total. The molecule has 0 heterocycles. The third-order valence-electron chi connectivity index (χ3n) is 2.83. The second-order valence-electron chi connectivity index (χ2n) is 4.52. The molecule has 0 radical (unpaired) electrons. The number of amides is 1. The Morgan fingerprint density at radius 2 is 2.05 bits per heavy atom. The van der Waals surface area contributed by atoms with Gasteiger partial charge in [-0.25, -0.2) is 0 Å². The smallest absolute Gasteiger partial charge is 0.265 e. The van der Waals surface area contributed by atoms with Gasteiger partial charge in [-0.15, -0.1) is 0 Å². The average molecular weight is 335 g/mol. The van der Waals surface area contributed by atoms with Crippen molar-refractivity contribution in [2.24, 2.45) is 0 Å². The zero-order chi connectivity index (χ0) is 16.1. The van der Waals surface area contributed by atoms with E-state index in [0.29, 0.717) is 27.0 Å². The number of nitriles is 1. The van der Waals surface area contributed by atoms with Crippen molar-refractivity contribution in [2.45, 2.75) is 13.0 Å². The van der Waals surface area contributed by atoms with Crippen LogP contribution in [-0.4, -0.2) is 12.0 Å². The summed E-state index contributed by atoms with van der Waals surface area (Å²) >= 11 is 11.8. The predicted molar refractivity (Wildman–Crippen MR) is 86.3 cm³/mol. The average Bonchev–Trinajstić information content (AvgIpc) is 2.50. The third-order valence-corrected chi connectivity index (χ3v) is 3.36. The van der Waals surface area contributed by atoms with Crippen LogP contribution in [0.4, 0.5) is 5.69 Å². The number of nitrogens with zero attached hydrogens (tertiary/aromatic N) is 1. The molecule has 0 unspecified atom stereocenters. The van der Waals surface area contributed by atoms with Crippen molar-refractivity contribution < 1.29 is 9.53 Å². The zero-order valence-corrected chi connectivity index (χ0v) is 13.2. The number of hydrogen-bond acceptors (Lipinski definition) is 3. The summed E-state index contributed by atoms with van der Waals surface area (Å²) in [7, 11) is 0. The van der Waals surface area contributed by atoms with Crippen molar-refractivity contribution >= 4 is 34.8 Å². The Kier molecular flexibility index (Phi) is 5.26. The van der Waals surface area contributed by atoms with Gasteiger partial charge in [0.1, 0.15) is 5.75 Å². The molecule has 0 aliphatic rings. The molecule has 0 fully saturated rings. The molecule has 0 aromatic heterocycles. The molecule has 2 aromatic rings. The summed E-state index contributed by atoms with van der Waals surface area (Å²) in [4.78, 5) is 12.1. The number of benzene rings is 2. The second-order valence-corrected chi connectivity index (χ2v) is 5.36. The van der Waals surface area contributed by atoms with Crippen molar-refractivity contribution in [1.29, 1.82) is 5.26 Å². The van der Waals surface area contributed by atoms with Crippen LogP contribution in [0.25, 0.3) is 0 Å². The van der Waals surface area contributed by atoms with E-state index in [1.165, 1.54) is 0 Å². The van der Waals surface area contributed by atoms with E-state index in [2.05, 4.69) is 5.32 Å². The first-order valence-electron chi connectivity index (χ1n) is 6.42. The van der Waals surface area contributed by atoms with Gasteiger partial charge in [0, 0.05) is 10.7 Å². The summed E-state index contributed by atoms with van der Waals surface area (Å²) < 4.78 is 5.52. The van der Waals surface area contributed by atoms with Crippen LogP contribution in [0.2, 0.25) is 10.0 Å². The molecule has 22 heavy (non-hydrogen) atoms. The van der Waals surface area contributed by atoms with Gasteiger partial charge in [0.05, 0.1) is 16.7 Å². The van der Waals surface area contributed by atoms with Gasteiger partial charge in [-0.1, -0.05) is 29.3 Å². The van der Waals surface area contributed by atoms with Gasteiger partial charge in [0.25, 0.3) is 5.91 Å². The fraction of sp³-hybridized carbons (Fsp3) is 0.125. The summed E-state index contributed by atoms with van der Waals surface area (Å²) in [6, 6.07) is 13.4. The number of nitrogens with one attached hydrogen (secondary N) is 1. The quantitative estimate of drug-likeness (QED) is 0.907. The molecular formula is C16H12Cl2N2O2. The Morgan fingerprint density at radius 1 is 1.27 bits per heavy atom. The summed E-state index contributed by atoms with van der Waals surface area (Å²) in [6.45, 7) is 1.61. The highest BCUT2D eigenvalue weighted by Gasteiger charge is 2.16. The largest absolute Gasteiger partial charge is 0.479 e. The van der Waals surface area contributed by atoms with Gasteiger partial charge in [-0.05, 0) is 43.3 Å². The molecule has 0 aliphatic heterocycles. The molecule has 1 amide bonds. The van der Waals surface area contributed by atoms with Crippen molar-refractivity contribution in [3.8, 4) is 11.8 Å². The van der Waals surface area contributed by atoms with Crippen molar-refractivity contribution in [2.75, 3.05) is 5.32 Å². The SMILES string of the molecule is C[C@@H](Oc1ccc(Cl)cc1Cl)C(=O)Nc1cccc(C#N)c1. The van der Waals surface area contributed by atoms with E-state index >= 15 is 0 Å². The Morgan fingerprint density at radius 3 is 2.73 bits per heavy atom. The van der Waals surface area contributed by atoms with Gasteiger partial charge in [-0.2, -0.15) is 5.26 Å². The number of anilines is 1. The summed E-state index contributed by atoms with van der Waals surface area (Å²) in [5.74, 6) is 0.0283. The van der Waals surface area contributed by atoms with Crippen LogP contribution in [-0.2, 0) is 4.79 Å². The molecule has 1 atom stereocenters. The second kappa shape index (κ2) is 7.17. The lowest BCUT2D eigenvalue weighted by Crippen LogP contribution is -2.30. The highest BCUT2D eigenvalue weighted by molar-refractivity contribution is 6.35. The molecule has 0 saturated carbocycles. The van der Waals surface area contributed by atoms with Gasteiger partial charge < -0.3 is 10.1 Å². The van der Waals surface area contributed by atoms with Crippen LogP contribution >= 0.6 is 23.2 Å². The topological polar surface area (TPSA) is 62.1 Å². The molecule has 2 rings (SSSR count). The van der Waals surface area contributed by atoms with Crippen LogP contribution in [0.1, 0.15) is 12.5 Å². The van der Waals surface area contributed by atoms with Crippen LogP contribution in [0.5, 0.6) is 5.75 Å². The predicted octanol–water partition coefficient (Wildman–Crippen LogP) is 4.27. The maximum atomic E-state index is 12.1. The van der Waals surface area contributed by atoms with Gasteiger partial charge in [0.15, 0.2) is 6.10 Å². The van der Waals surface area contributed by atoms with E-state index in [-0.39, 0.29) is 5.91 Å². The third kappa shape index (κ3) is 4.14. The minimum atomic E-state index is -0.760. The van der Waals surface area contributed by atoms with E-state index in [9.17, 15) is 4.79 Å². The van der Waals surface area contributed by atoms with Crippen LogP contribution < -0.4 is 10.1 Å². The molecule has 0 aliphatic carbocycles. The maximum absolute atomic E-state index is 12.1. The number of carbonyl (C=O) groups excluding carboxylic acids is 1. The van der Waals surface area contributed by atoms with E-state index in [1.807, 2.05) is 6.07 Å². The molecular weight excluding hydrogens is 323 g/mol. The molecule has 112 valence electrons. The first-order valence-corrected chi connectivity index (χ1v) is 7.18. The van der Waals surface area contributed by atoms with E-state index in [0.717, 1.165) is 0 Å². The number of carbonyl (C=O) groups is 1. The minimum Gasteiger partial charge on any atom is -0.479 e. The molecule has 6 heteroatoms. The summed E-state index contributed by atoms with van der Waals surface area (Å²) in [5, 5.41) is 12.3. The van der Waals surface area contributed by atoms with Crippen molar-refractivity contribution in [3.63, 3.8) is 0 Å². The lowest BCUT2D eigenvalue weighted by atomic mass is 10.2. The van der Waals surface area contributed by atoms with Crippen LogP contribution in [0.15, 0.2) is 42.5 Å². The molecule has 0 saturated heterocycles. The molecule has 4 nitrogen and oxygen atoms in total. The Bertz CT molecular complexity index is 741. The van der Waals surface area contributed by atoms with E-state index < -0.39 is 6.10 Å². The first kappa shape index (κ1) is 16.2. The summed E-state index contributed by atoms with van der Waals surface area (Å²) in [5.41, 5.74) is 0.994. The van der Waals surface area contributed by atoms with Crippen LogP contribution in [0.3, 0.4) is 0 Å². The number of halogens is 2. The fourth-order valence-electron chi connectivity index (χ4n) is 1.73. The van der Waals surface area contributed by atoms with Gasteiger partial charge in [0.2, 0.25) is 0 Å². The molecule has 2 aromatic carbocycles. The summed E-state index contributed by atoms with van der Waals surface area (Å²) in [6.07, 6.45) is -0.760. The fourth-order valence-corrected chi connectivity index (χ4v) is 2.18. The molecule has 0 spiro atoms. The highest BCUT2D eigenvalue weighted by Crippen LogP contribution is 2.28. The molecule has 0 bridgehead atoms. The van der Waals surface area contributed by atoms with Crippen molar-refractivity contribution in [3.05, 3.63) is 58.1 Å². The lowest BCUT2D eigenvalue weighted by molar-refractivity contribution is -0.122. The first-order chi connectivity index (χ1) is 10.5. The number of rotatable bonds is 4. The highest BCUT2D eigenvalue weighted by atomic mass is 35.5. The number of hydrogen-bond donors (Lipinski definition) is 1. The van der Waals surface area contributed by atoms with Crippen LogP contribution in [0, 0.1) is 11.3 Å². The lowest BCUT2D eigenvalue weighted by Gasteiger charge is -2.15. The normalized spacial score (nSPS) is 11.4. The van der Waals surface area contributed by atoms with E-state index in [1.54, 1.807) is 49.4 Å². The Balaban J connectivity index is 2.04. The van der Waals surface area contributed by atoms with Gasteiger partial charge in [-0.3, -0.25) is 4.79 Å².